The zero-order valence-corrected chi connectivity index (χ0v) is 21.3. The maximum Gasteiger partial charge on any atom is 0.302 e. The predicted octanol–water partition coefficient (Wildman–Crippen LogP) is 2.22. The molecule has 1 amide bonds. The maximum atomic E-state index is 13.3. The van der Waals surface area contributed by atoms with Crippen molar-refractivity contribution in [2.24, 2.45) is 0 Å². The number of benzene rings is 1. The van der Waals surface area contributed by atoms with Gasteiger partial charge in [-0.2, -0.15) is 12.7 Å². The van der Waals surface area contributed by atoms with Crippen LogP contribution < -0.4 is 24.2 Å². The lowest BCUT2D eigenvalue weighted by Crippen LogP contribution is -2.53. The van der Waals surface area contributed by atoms with Gasteiger partial charge < -0.3 is 24.4 Å². The van der Waals surface area contributed by atoms with Crippen molar-refractivity contribution in [3.05, 3.63) is 12.1 Å². The van der Waals surface area contributed by atoms with Gasteiger partial charge in [-0.3, -0.25) is 9.52 Å². The minimum Gasteiger partial charge on any atom is -0.493 e. The molecule has 1 aromatic carbocycles. The van der Waals surface area contributed by atoms with Crippen LogP contribution in [0.25, 0.3) is 0 Å². The second kappa shape index (κ2) is 12.5. The Balaban J connectivity index is 1.64. The summed E-state index contributed by atoms with van der Waals surface area (Å²) in [7, 11) is 0.423. The second-order valence-electron chi connectivity index (χ2n) is 8.69. The van der Waals surface area contributed by atoms with E-state index in [1.165, 1.54) is 57.0 Å². The molecule has 0 bridgehead atoms. The number of hydrogen-bond acceptors (Lipinski definition) is 7. The number of nitrogens with one attached hydrogen (secondary N) is 2. The largest absolute Gasteiger partial charge is 0.493 e. The molecule has 0 aliphatic carbocycles. The summed E-state index contributed by atoms with van der Waals surface area (Å²) in [4.78, 5) is 15.4. The van der Waals surface area contributed by atoms with Gasteiger partial charge >= 0.3 is 10.2 Å². The van der Waals surface area contributed by atoms with Crippen molar-refractivity contribution < 1.29 is 27.4 Å². The number of nitrogens with zero attached hydrogens (tertiary/aromatic N) is 2. The number of amides is 1. The number of carbonyl (C=O) groups excluding carboxylic acids is 1. The molecule has 3 rings (SSSR count). The van der Waals surface area contributed by atoms with Crippen LogP contribution in [0.15, 0.2) is 12.1 Å². The van der Waals surface area contributed by atoms with Crippen molar-refractivity contribution in [2.75, 3.05) is 58.8 Å². The Hall–Kier alpha value is -2.24. The first kappa shape index (κ1) is 26.4. The Labute approximate surface area is 203 Å². The van der Waals surface area contributed by atoms with Gasteiger partial charge in [-0.15, -0.1) is 0 Å². The maximum absolute atomic E-state index is 13.3. The van der Waals surface area contributed by atoms with Crippen LogP contribution in [-0.2, 0) is 15.0 Å². The van der Waals surface area contributed by atoms with E-state index in [1.54, 1.807) is 0 Å². The van der Waals surface area contributed by atoms with Crippen LogP contribution in [0, 0.1) is 0 Å². The van der Waals surface area contributed by atoms with E-state index >= 15 is 0 Å². The predicted molar refractivity (Wildman–Crippen MR) is 131 cm³/mol. The van der Waals surface area contributed by atoms with E-state index in [0.29, 0.717) is 36.6 Å². The van der Waals surface area contributed by atoms with Gasteiger partial charge in [0.25, 0.3) is 0 Å². The molecule has 192 valence electrons. The number of ether oxygens (including phenoxy) is 3. The van der Waals surface area contributed by atoms with Crippen LogP contribution in [-0.4, -0.2) is 83.6 Å². The molecule has 0 aromatic heterocycles. The number of carbonyl (C=O) groups is 1. The van der Waals surface area contributed by atoms with Crippen molar-refractivity contribution in [1.29, 1.82) is 0 Å². The average Bonchev–Trinajstić information content (AvgIpc) is 2.86. The van der Waals surface area contributed by atoms with Crippen LogP contribution in [0.4, 0.5) is 5.69 Å². The lowest BCUT2D eigenvalue weighted by atomic mass is 10.0. The fraction of sp³-hybridized carbons (Fsp3) is 0.696. The SMILES string of the molecule is COc1cc(NS(=O)(=O)N2CCCC[C@H]2C(=O)NCCCN2CCCCC2)cc(OC)c1OC. The lowest BCUT2D eigenvalue weighted by molar-refractivity contribution is -0.125. The van der Waals surface area contributed by atoms with Crippen molar-refractivity contribution >= 4 is 21.8 Å². The van der Waals surface area contributed by atoms with Crippen LogP contribution in [0.1, 0.15) is 44.9 Å². The first-order valence-electron chi connectivity index (χ1n) is 12.0. The minimum absolute atomic E-state index is 0.242. The molecule has 11 heteroatoms. The number of hydrogen-bond donors (Lipinski definition) is 2. The third-order valence-corrected chi connectivity index (χ3v) is 7.92. The van der Waals surface area contributed by atoms with Crippen molar-refractivity contribution in [3.8, 4) is 17.2 Å². The first-order valence-corrected chi connectivity index (χ1v) is 13.4. The van der Waals surface area contributed by atoms with E-state index in [4.69, 9.17) is 14.2 Å². The fourth-order valence-electron chi connectivity index (χ4n) is 4.62. The van der Waals surface area contributed by atoms with E-state index < -0.39 is 16.3 Å². The Bertz CT molecular complexity index is 895. The third kappa shape index (κ3) is 6.67. The normalized spacial score (nSPS) is 19.9. The number of likely N-dealkylation sites (tertiary alicyclic amines) is 1. The first-order chi connectivity index (χ1) is 16.4. The molecule has 0 radical (unpaired) electrons. The number of piperidine rings is 2. The molecule has 34 heavy (non-hydrogen) atoms. The van der Waals surface area contributed by atoms with Gasteiger partial charge in [0.2, 0.25) is 11.7 Å². The van der Waals surface area contributed by atoms with Crippen LogP contribution in [0.5, 0.6) is 17.2 Å². The zero-order valence-electron chi connectivity index (χ0n) is 20.5. The van der Waals surface area contributed by atoms with Crippen molar-refractivity contribution in [2.45, 2.75) is 51.0 Å². The molecule has 2 aliphatic rings. The number of methoxy groups -OCH3 is 3. The Kier molecular flexibility index (Phi) is 9.66. The smallest absolute Gasteiger partial charge is 0.302 e. The molecule has 0 unspecified atom stereocenters. The summed E-state index contributed by atoms with van der Waals surface area (Å²) in [5.74, 6) is 0.795. The van der Waals surface area contributed by atoms with Gasteiger partial charge in [0, 0.05) is 25.2 Å². The molecule has 2 N–H and O–H groups in total. The second-order valence-corrected chi connectivity index (χ2v) is 10.3. The fourth-order valence-corrected chi connectivity index (χ4v) is 6.06. The van der Waals surface area contributed by atoms with Crippen molar-refractivity contribution in [3.63, 3.8) is 0 Å². The van der Waals surface area contributed by atoms with E-state index in [0.717, 1.165) is 32.5 Å². The summed E-state index contributed by atoms with van der Waals surface area (Å²) in [5.41, 5.74) is 0.265. The molecule has 2 fully saturated rings. The topological polar surface area (TPSA) is 109 Å². The van der Waals surface area contributed by atoms with Crippen molar-refractivity contribution in [1.82, 2.24) is 14.5 Å². The van der Waals surface area contributed by atoms with Crippen LogP contribution in [0.2, 0.25) is 0 Å². The molecule has 1 atom stereocenters. The van der Waals surface area contributed by atoms with Gasteiger partial charge in [0.05, 0.1) is 27.0 Å². The Morgan fingerprint density at radius 1 is 0.971 bits per heavy atom. The van der Waals surface area contributed by atoms with E-state index in [-0.39, 0.29) is 18.1 Å². The zero-order chi connectivity index (χ0) is 24.6. The van der Waals surface area contributed by atoms with Crippen LogP contribution >= 0.6 is 0 Å². The van der Waals surface area contributed by atoms with Crippen LogP contribution in [0.3, 0.4) is 0 Å². The highest BCUT2D eigenvalue weighted by atomic mass is 32.2. The minimum atomic E-state index is -3.99. The molecule has 2 saturated heterocycles. The Morgan fingerprint density at radius 3 is 2.24 bits per heavy atom. The molecule has 2 heterocycles. The molecule has 10 nitrogen and oxygen atoms in total. The highest BCUT2D eigenvalue weighted by Gasteiger charge is 2.37. The van der Waals surface area contributed by atoms with Gasteiger partial charge in [-0.1, -0.05) is 12.8 Å². The number of rotatable bonds is 11. The highest BCUT2D eigenvalue weighted by Crippen LogP contribution is 2.40. The third-order valence-electron chi connectivity index (χ3n) is 6.38. The van der Waals surface area contributed by atoms with E-state index in [1.807, 2.05) is 0 Å². The highest BCUT2D eigenvalue weighted by molar-refractivity contribution is 7.90. The molecule has 1 aromatic rings. The molecule has 2 aliphatic heterocycles. The summed E-state index contributed by atoms with van der Waals surface area (Å²) in [6.07, 6.45) is 6.63. The quantitative estimate of drug-likeness (QED) is 0.450. The van der Waals surface area contributed by atoms with Gasteiger partial charge in [0.15, 0.2) is 11.5 Å². The van der Waals surface area contributed by atoms with Gasteiger partial charge in [-0.05, 0) is 51.7 Å². The summed E-state index contributed by atoms with van der Waals surface area (Å²) in [5, 5.41) is 2.95. The summed E-state index contributed by atoms with van der Waals surface area (Å²) in [6.45, 7) is 4.02. The lowest BCUT2D eigenvalue weighted by Gasteiger charge is -2.33. The summed E-state index contributed by atoms with van der Waals surface area (Å²) < 4.78 is 46.3. The molecular formula is C23H38N4O6S. The molecule has 0 spiro atoms. The number of anilines is 1. The van der Waals surface area contributed by atoms with Gasteiger partial charge in [0.1, 0.15) is 6.04 Å². The monoisotopic (exact) mass is 498 g/mol. The summed E-state index contributed by atoms with van der Waals surface area (Å²) in [6, 6.07) is 2.32. The molecular weight excluding hydrogens is 460 g/mol. The van der Waals surface area contributed by atoms with E-state index in [9.17, 15) is 13.2 Å². The Morgan fingerprint density at radius 2 is 1.62 bits per heavy atom. The van der Waals surface area contributed by atoms with Gasteiger partial charge in [-0.25, -0.2) is 0 Å². The summed E-state index contributed by atoms with van der Waals surface area (Å²) >= 11 is 0. The molecule has 0 saturated carbocycles. The average molecular weight is 499 g/mol. The standard InChI is InChI=1S/C23H38N4O6S/c1-31-20-16-18(17-21(32-2)22(20)33-3)25-34(29,30)27-15-8-5-10-19(27)23(28)24-11-9-14-26-12-6-4-7-13-26/h16-17,19,25H,4-15H2,1-3H3,(H,24,28)/t19-/m0/s1. The van der Waals surface area contributed by atoms with E-state index in [2.05, 4.69) is 14.9 Å².